The number of hydrogen-bond donors (Lipinski definition) is 0. The third-order valence-corrected chi connectivity index (χ3v) is 12.0. The number of fused-ring (bicyclic) bond motifs is 6. The van der Waals surface area contributed by atoms with E-state index in [0.717, 1.165) is 61.4 Å². The van der Waals surface area contributed by atoms with Gasteiger partial charge < -0.3 is 9.13 Å². The van der Waals surface area contributed by atoms with Gasteiger partial charge in [0.2, 0.25) is 0 Å². The van der Waals surface area contributed by atoms with E-state index < -0.39 is 0 Å². The van der Waals surface area contributed by atoms with E-state index >= 15 is 0 Å². The second kappa shape index (κ2) is 14.7. The van der Waals surface area contributed by atoms with Crippen LogP contribution >= 0.6 is 0 Å². The molecule has 12 rings (SSSR count). The molecule has 5 heteroatoms. The minimum absolute atomic E-state index is 0.604. The van der Waals surface area contributed by atoms with Crippen molar-refractivity contribution >= 4 is 43.6 Å². The van der Waals surface area contributed by atoms with Crippen LogP contribution in [0, 0.1) is 0 Å². The van der Waals surface area contributed by atoms with E-state index in [9.17, 15) is 0 Å². The normalized spacial score (nSPS) is 11.5. The fraction of sp³-hybridized carbons (Fsp3) is 0. The van der Waals surface area contributed by atoms with E-state index in [0.29, 0.717) is 17.5 Å². The van der Waals surface area contributed by atoms with Crippen molar-refractivity contribution in [1.82, 2.24) is 24.1 Å². The molecule has 12 aromatic rings. The van der Waals surface area contributed by atoms with Crippen molar-refractivity contribution in [2.45, 2.75) is 0 Å². The van der Waals surface area contributed by atoms with Gasteiger partial charge in [0, 0.05) is 49.5 Å². The Morgan fingerprint density at radius 1 is 0.258 bits per heavy atom. The first kappa shape index (κ1) is 35.5. The maximum absolute atomic E-state index is 5.29. The van der Waals surface area contributed by atoms with Crippen molar-refractivity contribution < 1.29 is 0 Å². The molecule has 0 N–H and O–H groups in total. The van der Waals surface area contributed by atoms with Crippen molar-refractivity contribution in [3.63, 3.8) is 0 Å². The van der Waals surface area contributed by atoms with E-state index in [-0.39, 0.29) is 0 Å². The molecular formula is C57H37N5. The van der Waals surface area contributed by atoms with E-state index in [4.69, 9.17) is 15.0 Å². The van der Waals surface area contributed by atoms with Crippen molar-refractivity contribution in [1.29, 1.82) is 0 Å². The van der Waals surface area contributed by atoms with Crippen LogP contribution in [0.5, 0.6) is 0 Å². The Bertz CT molecular complexity index is 3570. The third kappa shape index (κ3) is 5.90. The summed E-state index contributed by atoms with van der Waals surface area (Å²) in [5.74, 6) is 1.85. The second-order valence-corrected chi connectivity index (χ2v) is 15.6. The number of para-hydroxylation sites is 3. The summed E-state index contributed by atoms with van der Waals surface area (Å²) in [6.45, 7) is 0. The maximum atomic E-state index is 5.29. The molecule has 5 nitrogen and oxygen atoms in total. The minimum Gasteiger partial charge on any atom is -0.309 e. The zero-order valence-corrected chi connectivity index (χ0v) is 33.6. The molecule has 0 aliphatic rings. The van der Waals surface area contributed by atoms with Gasteiger partial charge in [0.05, 0.1) is 27.8 Å². The van der Waals surface area contributed by atoms with Crippen LogP contribution in [0.2, 0.25) is 0 Å². The summed E-state index contributed by atoms with van der Waals surface area (Å²) in [6.07, 6.45) is 0. The zero-order valence-electron chi connectivity index (χ0n) is 33.6. The molecule has 0 aliphatic heterocycles. The second-order valence-electron chi connectivity index (χ2n) is 15.6. The summed E-state index contributed by atoms with van der Waals surface area (Å²) in [5.41, 5.74) is 13.9. The number of aromatic nitrogens is 5. The Kier molecular flexibility index (Phi) is 8.42. The Morgan fingerprint density at radius 3 is 1.34 bits per heavy atom. The molecular weight excluding hydrogens is 755 g/mol. The smallest absolute Gasteiger partial charge is 0.164 e. The molecule has 0 atom stereocenters. The molecule has 3 heterocycles. The van der Waals surface area contributed by atoms with Gasteiger partial charge in [-0.2, -0.15) is 0 Å². The van der Waals surface area contributed by atoms with Gasteiger partial charge in [-0.15, -0.1) is 0 Å². The summed E-state index contributed by atoms with van der Waals surface area (Å²) < 4.78 is 4.81. The summed E-state index contributed by atoms with van der Waals surface area (Å²) in [7, 11) is 0. The van der Waals surface area contributed by atoms with Crippen molar-refractivity contribution in [2.75, 3.05) is 0 Å². The van der Waals surface area contributed by atoms with Crippen LogP contribution in [0.3, 0.4) is 0 Å². The molecule has 290 valence electrons. The molecule has 0 fully saturated rings. The lowest BCUT2D eigenvalue weighted by Crippen LogP contribution is -2.03. The number of hydrogen-bond acceptors (Lipinski definition) is 3. The fourth-order valence-electron chi connectivity index (χ4n) is 9.17. The molecule has 0 saturated carbocycles. The van der Waals surface area contributed by atoms with Gasteiger partial charge in [-0.3, -0.25) is 0 Å². The minimum atomic E-state index is 0.604. The van der Waals surface area contributed by atoms with Crippen LogP contribution in [-0.4, -0.2) is 24.1 Å². The van der Waals surface area contributed by atoms with Crippen LogP contribution in [0.15, 0.2) is 224 Å². The van der Waals surface area contributed by atoms with Crippen molar-refractivity contribution in [3.05, 3.63) is 224 Å². The molecule has 0 radical (unpaired) electrons. The highest BCUT2D eigenvalue weighted by molar-refractivity contribution is 6.12. The van der Waals surface area contributed by atoms with Crippen LogP contribution in [0.1, 0.15) is 0 Å². The summed E-state index contributed by atoms with van der Waals surface area (Å²) in [4.78, 5) is 15.6. The SMILES string of the molecule is c1ccc(-c2nc(-c3ccc(-c4ccccc4)c(-n4c5ccccc5c5cc(-n6c7ccccc7c7ccccc76)ccc54)c3)nc(-c3ccccc3-c3ccccc3)n2)cc1. The first-order valence-electron chi connectivity index (χ1n) is 21.0. The molecule has 0 bridgehead atoms. The predicted octanol–water partition coefficient (Wildman–Crippen LogP) is 14.4. The fourth-order valence-corrected chi connectivity index (χ4v) is 9.17. The highest BCUT2D eigenvalue weighted by Gasteiger charge is 2.21. The van der Waals surface area contributed by atoms with Crippen LogP contribution < -0.4 is 0 Å². The molecule has 0 saturated heterocycles. The van der Waals surface area contributed by atoms with Gasteiger partial charge in [0.1, 0.15) is 0 Å². The van der Waals surface area contributed by atoms with Crippen LogP contribution in [-0.2, 0) is 0 Å². The van der Waals surface area contributed by atoms with Gasteiger partial charge in [0.25, 0.3) is 0 Å². The standard InChI is InChI=1S/C57H37N5/c1-4-18-38(19-5-1)43-24-10-11-28-48(43)57-59-55(40-22-8-3-9-23-40)58-56(60-57)41-32-34-44(39-20-6-2-7-21-39)54(36-41)62-52-31-17-14-27-47(52)49-37-42(33-35-53(49)62)61-50-29-15-12-25-45(50)46-26-13-16-30-51(46)61/h1-37H. The largest absolute Gasteiger partial charge is 0.309 e. The first-order chi connectivity index (χ1) is 30.8. The van der Waals surface area contributed by atoms with Gasteiger partial charge in [0.15, 0.2) is 17.5 Å². The molecule has 3 aromatic heterocycles. The van der Waals surface area contributed by atoms with Crippen molar-refractivity contribution in [3.8, 4) is 67.8 Å². The van der Waals surface area contributed by atoms with E-state index in [1.165, 1.54) is 32.6 Å². The average molecular weight is 792 g/mol. The zero-order chi connectivity index (χ0) is 41.0. The van der Waals surface area contributed by atoms with Crippen molar-refractivity contribution in [2.24, 2.45) is 0 Å². The third-order valence-electron chi connectivity index (χ3n) is 12.0. The van der Waals surface area contributed by atoms with Gasteiger partial charge >= 0.3 is 0 Å². The maximum Gasteiger partial charge on any atom is 0.164 e. The van der Waals surface area contributed by atoms with Crippen LogP contribution in [0.4, 0.5) is 0 Å². The lowest BCUT2D eigenvalue weighted by Gasteiger charge is -2.17. The summed E-state index contributed by atoms with van der Waals surface area (Å²) in [6, 6.07) is 79.2. The number of rotatable bonds is 7. The highest BCUT2D eigenvalue weighted by atomic mass is 15.0. The lowest BCUT2D eigenvalue weighted by atomic mass is 9.99. The first-order valence-corrected chi connectivity index (χ1v) is 21.0. The molecule has 0 spiro atoms. The van der Waals surface area contributed by atoms with E-state index in [1.54, 1.807) is 0 Å². The average Bonchev–Trinajstić information content (AvgIpc) is 3.87. The van der Waals surface area contributed by atoms with Crippen LogP contribution in [0.25, 0.3) is 111 Å². The molecule has 0 aliphatic carbocycles. The molecule has 0 unspecified atom stereocenters. The Balaban J connectivity index is 1.10. The highest BCUT2D eigenvalue weighted by Crippen LogP contribution is 2.41. The Morgan fingerprint density at radius 2 is 0.710 bits per heavy atom. The van der Waals surface area contributed by atoms with Gasteiger partial charge in [-0.1, -0.05) is 182 Å². The van der Waals surface area contributed by atoms with E-state index in [1.807, 2.05) is 24.3 Å². The lowest BCUT2D eigenvalue weighted by molar-refractivity contribution is 1.07. The Hall–Kier alpha value is -8.41. The summed E-state index contributed by atoms with van der Waals surface area (Å²) >= 11 is 0. The Labute approximate surface area is 358 Å². The monoisotopic (exact) mass is 791 g/mol. The van der Waals surface area contributed by atoms with E-state index in [2.05, 4.69) is 209 Å². The summed E-state index contributed by atoms with van der Waals surface area (Å²) in [5, 5.41) is 4.85. The number of nitrogens with zero attached hydrogens (tertiary/aromatic N) is 5. The van der Waals surface area contributed by atoms with Gasteiger partial charge in [-0.25, -0.2) is 15.0 Å². The topological polar surface area (TPSA) is 48.5 Å². The molecule has 9 aromatic carbocycles. The molecule has 0 amide bonds. The quantitative estimate of drug-likeness (QED) is 0.162. The number of benzene rings is 9. The molecule has 62 heavy (non-hydrogen) atoms. The van der Waals surface area contributed by atoms with Gasteiger partial charge in [-0.05, 0) is 59.2 Å². The predicted molar refractivity (Wildman–Crippen MR) is 256 cm³/mol.